The zero-order valence-corrected chi connectivity index (χ0v) is 12.8. The fourth-order valence-electron chi connectivity index (χ4n) is 1.96. The number of para-hydroxylation sites is 1. The van der Waals surface area contributed by atoms with Gasteiger partial charge in [-0.25, -0.2) is 14.3 Å². The molecule has 0 fully saturated rings. The Morgan fingerprint density at radius 3 is 2.00 bits per heavy atom. The molecule has 122 valence electrons. The second-order valence-corrected chi connectivity index (χ2v) is 4.88. The molecule has 2 N–H and O–H groups in total. The molecule has 1 heterocycles. The molecule has 1 aromatic heterocycles. The van der Waals surface area contributed by atoms with Gasteiger partial charge in [-0.1, -0.05) is 23.4 Å². The predicted molar refractivity (Wildman–Crippen MR) is 86.5 cm³/mol. The number of hydrogen-bond acceptors (Lipinski definition) is 4. The molecule has 7 nitrogen and oxygen atoms in total. The molecule has 0 radical (unpaired) electrons. The molecular formula is C17H15N3O4. The number of benzene rings is 2. The second-order valence-electron chi connectivity index (χ2n) is 4.88. The van der Waals surface area contributed by atoms with E-state index in [4.69, 9.17) is 10.2 Å². The van der Waals surface area contributed by atoms with E-state index in [0.29, 0.717) is 5.56 Å². The molecule has 0 atom stereocenters. The lowest BCUT2D eigenvalue weighted by molar-refractivity contribution is 0.0696. The molecule has 0 bridgehead atoms. The van der Waals surface area contributed by atoms with Crippen LogP contribution in [0.4, 0.5) is 0 Å². The summed E-state index contributed by atoms with van der Waals surface area (Å²) in [5.41, 5.74) is 1.65. The number of carboxylic acid groups (broad SMARTS) is 2. The van der Waals surface area contributed by atoms with Crippen molar-refractivity contribution in [2.75, 3.05) is 0 Å². The third kappa shape index (κ3) is 4.51. The molecule has 7 heteroatoms. The van der Waals surface area contributed by atoms with Gasteiger partial charge in [-0.05, 0) is 42.8 Å². The van der Waals surface area contributed by atoms with Crippen molar-refractivity contribution in [2.24, 2.45) is 0 Å². The Bertz CT molecular complexity index is 798. The molecule has 0 unspecified atom stereocenters. The molecule has 2 aromatic carbocycles. The van der Waals surface area contributed by atoms with E-state index in [-0.39, 0.29) is 11.1 Å². The van der Waals surface area contributed by atoms with Gasteiger partial charge in [-0.2, -0.15) is 0 Å². The van der Waals surface area contributed by atoms with Crippen molar-refractivity contribution in [3.63, 3.8) is 0 Å². The van der Waals surface area contributed by atoms with E-state index in [0.717, 1.165) is 11.8 Å². The first kappa shape index (κ1) is 16.9. The summed E-state index contributed by atoms with van der Waals surface area (Å²) in [6.45, 7) is 1.65. The number of carbonyl (C=O) groups is 2. The largest absolute Gasteiger partial charge is 0.478 e. The fourth-order valence-corrected chi connectivity index (χ4v) is 1.96. The number of nitrogens with zero attached hydrogens (tertiary/aromatic N) is 3. The molecular weight excluding hydrogens is 310 g/mol. The van der Waals surface area contributed by atoms with E-state index >= 15 is 0 Å². The highest BCUT2D eigenvalue weighted by Crippen LogP contribution is 2.09. The standard InChI is InChI=1S/C9H8O4.C8H7N3/c1-5-2-6(8(10)11)4-7(3-5)9(12)13;1-2-4-8(5-3-1)11-7-6-9-10-11/h2-4H,1H3,(H,10,11)(H,12,13);1-7H. The first-order chi connectivity index (χ1) is 11.5. The SMILES string of the molecule is Cc1cc(C(=O)O)cc(C(=O)O)c1.c1ccc(-n2ccnn2)cc1. The summed E-state index contributed by atoms with van der Waals surface area (Å²) in [7, 11) is 0. The molecule has 24 heavy (non-hydrogen) atoms. The van der Waals surface area contributed by atoms with Crippen molar-refractivity contribution in [1.82, 2.24) is 15.0 Å². The maximum absolute atomic E-state index is 10.5. The Balaban J connectivity index is 0.000000175. The molecule has 3 aromatic rings. The van der Waals surface area contributed by atoms with Crippen molar-refractivity contribution in [2.45, 2.75) is 6.92 Å². The number of carboxylic acids is 2. The van der Waals surface area contributed by atoms with Gasteiger partial charge in [0.15, 0.2) is 0 Å². The fraction of sp³-hybridized carbons (Fsp3) is 0.0588. The molecule has 0 aliphatic rings. The van der Waals surface area contributed by atoms with Gasteiger partial charge in [0.05, 0.1) is 29.2 Å². The Labute approximate surface area is 137 Å². The van der Waals surface area contributed by atoms with Crippen LogP contribution in [0.5, 0.6) is 0 Å². The van der Waals surface area contributed by atoms with Crippen LogP contribution in [0.15, 0.2) is 60.9 Å². The van der Waals surface area contributed by atoms with E-state index < -0.39 is 11.9 Å². The van der Waals surface area contributed by atoms with Crippen LogP contribution >= 0.6 is 0 Å². The van der Waals surface area contributed by atoms with Gasteiger partial charge in [-0.3, -0.25) is 0 Å². The summed E-state index contributed by atoms with van der Waals surface area (Å²) in [4.78, 5) is 21.1. The first-order valence-electron chi connectivity index (χ1n) is 6.97. The lowest BCUT2D eigenvalue weighted by Crippen LogP contribution is -2.02. The van der Waals surface area contributed by atoms with Crippen LogP contribution in [0.2, 0.25) is 0 Å². The number of aryl methyl sites for hydroxylation is 1. The monoisotopic (exact) mass is 325 g/mol. The van der Waals surface area contributed by atoms with E-state index in [1.165, 1.54) is 12.1 Å². The van der Waals surface area contributed by atoms with Gasteiger partial charge < -0.3 is 10.2 Å². The second kappa shape index (κ2) is 7.68. The summed E-state index contributed by atoms with van der Waals surface area (Å²) >= 11 is 0. The highest BCUT2D eigenvalue weighted by Gasteiger charge is 2.09. The molecule has 3 rings (SSSR count). The summed E-state index contributed by atoms with van der Waals surface area (Å²) in [6.07, 6.45) is 3.47. The van der Waals surface area contributed by atoms with Gasteiger partial charge >= 0.3 is 11.9 Å². The van der Waals surface area contributed by atoms with Crippen molar-refractivity contribution in [3.05, 3.63) is 77.6 Å². The highest BCUT2D eigenvalue weighted by atomic mass is 16.4. The van der Waals surface area contributed by atoms with Crippen LogP contribution in [-0.4, -0.2) is 37.1 Å². The molecule has 0 saturated heterocycles. The van der Waals surface area contributed by atoms with Crippen molar-refractivity contribution >= 4 is 11.9 Å². The van der Waals surface area contributed by atoms with Gasteiger partial charge in [0.25, 0.3) is 0 Å². The number of hydrogen-bond donors (Lipinski definition) is 2. The summed E-state index contributed by atoms with van der Waals surface area (Å²) in [5.74, 6) is -2.24. The zero-order valence-electron chi connectivity index (χ0n) is 12.8. The zero-order chi connectivity index (χ0) is 17.5. The molecule has 0 saturated carbocycles. The van der Waals surface area contributed by atoms with E-state index in [9.17, 15) is 9.59 Å². The molecule has 0 spiro atoms. The molecule has 0 aliphatic carbocycles. The van der Waals surface area contributed by atoms with E-state index in [1.54, 1.807) is 17.8 Å². The van der Waals surface area contributed by atoms with Crippen LogP contribution < -0.4 is 0 Å². The maximum Gasteiger partial charge on any atom is 0.335 e. The summed E-state index contributed by atoms with van der Waals surface area (Å²) in [5, 5.41) is 24.8. The minimum atomic E-state index is -1.12. The normalized spacial score (nSPS) is 9.71. The average molecular weight is 325 g/mol. The minimum Gasteiger partial charge on any atom is -0.478 e. The van der Waals surface area contributed by atoms with Crippen molar-refractivity contribution in [3.8, 4) is 5.69 Å². The Morgan fingerprint density at radius 1 is 0.958 bits per heavy atom. The third-order valence-corrected chi connectivity index (χ3v) is 3.01. The van der Waals surface area contributed by atoms with E-state index in [1.807, 2.05) is 36.5 Å². The number of aromatic nitrogens is 3. The van der Waals surface area contributed by atoms with Gasteiger partial charge in [0, 0.05) is 0 Å². The maximum atomic E-state index is 10.5. The van der Waals surface area contributed by atoms with Crippen LogP contribution in [0.25, 0.3) is 5.69 Å². The number of rotatable bonds is 3. The minimum absolute atomic E-state index is 0.00241. The average Bonchev–Trinajstić information content (AvgIpc) is 3.10. The van der Waals surface area contributed by atoms with Gasteiger partial charge in [0.1, 0.15) is 0 Å². The van der Waals surface area contributed by atoms with Crippen LogP contribution in [0, 0.1) is 6.92 Å². The smallest absolute Gasteiger partial charge is 0.335 e. The summed E-state index contributed by atoms with van der Waals surface area (Å²) in [6, 6.07) is 13.9. The highest BCUT2D eigenvalue weighted by molar-refractivity contribution is 5.94. The molecule has 0 aliphatic heterocycles. The van der Waals surface area contributed by atoms with Crippen LogP contribution in [0.1, 0.15) is 26.3 Å². The third-order valence-electron chi connectivity index (χ3n) is 3.01. The van der Waals surface area contributed by atoms with Gasteiger partial charge in [0.2, 0.25) is 0 Å². The van der Waals surface area contributed by atoms with Crippen LogP contribution in [-0.2, 0) is 0 Å². The van der Waals surface area contributed by atoms with Gasteiger partial charge in [-0.15, -0.1) is 5.10 Å². The summed E-state index contributed by atoms with van der Waals surface area (Å²) < 4.78 is 1.72. The lowest BCUT2D eigenvalue weighted by Gasteiger charge is -1.99. The topological polar surface area (TPSA) is 105 Å². The Kier molecular flexibility index (Phi) is 5.40. The Hall–Kier alpha value is -3.48. The number of aromatic carboxylic acids is 2. The van der Waals surface area contributed by atoms with Crippen molar-refractivity contribution in [1.29, 1.82) is 0 Å². The lowest BCUT2D eigenvalue weighted by atomic mass is 10.1. The quantitative estimate of drug-likeness (QED) is 0.767. The first-order valence-corrected chi connectivity index (χ1v) is 6.97. The predicted octanol–water partition coefficient (Wildman–Crippen LogP) is 2.66. The van der Waals surface area contributed by atoms with Crippen LogP contribution in [0.3, 0.4) is 0 Å². The molecule has 0 amide bonds. The van der Waals surface area contributed by atoms with E-state index in [2.05, 4.69) is 10.3 Å². The van der Waals surface area contributed by atoms with Crippen molar-refractivity contribution < 1.29 is 19.8 Å². The Morgan fingerprint density at radius 2 is 1.54 bits per heavy atom.